The van der Waals surface area contributed by atoms with Gasteiger partial charge in [-0.05, 0) is 87.7 Å². The molecule has 1 fully saturated rings. The normalized spacial score (nSPS) is 25.4. The van der Waals surface area contributed by atoms with Gasteiger partial charge in [0.2, 0.25) is 11.8 Å². The summed E-state index contributed by atoms with van der Waals surface area (Å²) in [5, 5.41) is 6.07. The fourth-order valence-corrected chi connectivity index (χ4v) is 5.14. The summed E-state index contributed by atoms with van der Waals surface area (Å²) in [5.41, 5.74) is 1.60. The van der Waals surface area contributed by atoms with Crippen LogP contribution in [0.5, 0.6) is 0 Å². The quantitative estimate of drug-likeness (QED) is 0.397. The van der Waals surface area contributed by atoms with Gasteiger partial charge in [0.25, 0.3) is 0 Å². The molecule has 4 atom stereocenters. The summed E-state index contributed by atoms with van der Waals surface area (Å²) in [5.74, 6) is -0.559. The third-order valence-electron chi connectivity index (χ3n) is 5.33. The number of rotatable bonds is 4. The maximum absolute atomic E-state index is 13.1. The molecule has 6 heteroatoms. The fourth-order valence-electron chi connectivity index (χ4n) is 4.09. The van der Waals surface area contributed by atoms with Crippen molar-refractivity contribution in [3.05, 3.63) is 67.8 Å². The van der Waals surface area contributed by atoms with Crippen molar-refractivity contribution in [1.29, 1.82) is 0 Å². The largest absolute Gasteiger partial charge is 0.325 e. The van der Waals surface area contributed by atoms with Crippen LogP contribution in [-0.4, -0.2) is 11.8 Å². The first kappa shape index (κ1) is 18.9. The van der Waals surface area contributed by atoms with Crippen molar-refractivity contribution in [2.45, 2.75) is 6.42 Å². The first-order chi connectivity index (χ1) is 13.0. The van der Waals surface area contributed by atoms with Gasteiger partial charge in [-0.1, -0.05) is 36.4 Å². The van der Waals surface area contributed by atoms with E-state index in [4.69, 9.17) is 0 Å². The van der Waals surface area contributed by atoms with Crippen molar-refractivity contribution in [2.24, 2.45) is 23.7 Å². The highest BCUT2D eigenvalue weighted by molar-refractivity contribution is 14.1. The lowest BCUT2D eigenvalue weighted by Crippen LogP contribution is -2.39. The number of para-hydroxylation sites is 2. The second-order valence-corrected chi connectivity index (χ2v) is 9.26. The highest BCUT2D eigenvalue weighted by Gasteiger charge is 2.51. The van der Waals surface area contributed by atoms with E-state index >= 15 is 0 Å². The van der Waals surface area contributed by atoms with Crippen LogP contribution in [0.4, 0.5) is 11.4 Å². The van der Waals surface area contributed by atoms with Crippen LogP contribution in [0.1, 0.15) is 6.42 Å². The third-order valence-corrected chi connectivity index (χ3v) is 7.21. The lowest BCUT2D eigenvalue weighted by Gasteiger charge is -2.26. The van der Waals surface area contributed by atoms with E-state index < -0.39 is 0 Å². The van der Waals surface area contributed by atoms with E-state index in [0.29, 0.717) is 0 Å². The van der Waals surface area contributed by atoms with Crippen LogP contribution >= 0.6 is 45.2 Å². The minimum Gasteiger partial charge on any atom is -0.325 e. The number of carbonyl (C=O) groups is 2. The van der Waals surface area contributed by atoms with Crippen LogP contribution < -0.4 is 10.6 Å². The van der Waals surface area contributed by atoms with Crippen LogP contribution in [-0.2, 0) is 9.59 Å². The molecule has 2 amide bonds. The molecular formula is C21H18I2N2O2. The number of hydrogen-bond donors (Lipinski definition) is 2. The van der Waals surface area contributed by atoms with Crippen molar-refractivity contribution in [2.75, 3.05) is 10.6 Å². The number of nitrogens with one attached hydrogen (secondary N) is 2. The van der Waals surface area contributed by atoms with E-state index in [1.165, 1.54) is 0 Å². The molecule has 0 aliphatic heterocycles. The minimum atomic E-state index is -0.336. The highest BCUT2D eigenvalue weighted by Crippen LogP contribution is 2.49. The van der Waals surface area contributed by atoms with E-state index in [0.717, 1.165) is 24.9 Å². The number of fused-ring (bicyclic) bond motifs is 2. The van der Waals surface area contributed by atoms with E-state index in [-0.39, 0.29) is 35.5 Å². The zero-order chi connectivity index (χ0) is 19.0. The standard InChI is InChI=1S/C21H18I2N2O2/c22-14-5-1-3-7-16(14)24-20(26)18-12-9-10-13(11-12)19(18)21(27)25-17-8-4-2-6-15(17)23/h1-10,12-13,18-19H,11H2,(H,24,26)(H,25,27)/t12-,13-,18-,19-/m0/s1. The van der Waals surface area contributed by atoms with Gasteiger partial charge in [0.1, 0.15) is 0 Å². The summed E-state index contributed by atoms with van der Waals surface area (Å²) < 4.78 is 1.98. The summed E-state index contributed by atoms with van der Waals surface area (Å²) >= 11 is 4.42. The van der Waals surface area contributed by atoms with Gasteiger partial charge in [-0.3, -0.25) is 9.59 Å². The van der Waals surface area contributed by atoms with Crippen LogP contribution in [0.2, 0.25) is 0 Å². The van der Waals surface area contributed by atoms with Gasteiger partial charge >= 0.3 is 0 Å². The number of allylic oxidation sites excluding steroid dienone is 2. The van der Waals surface area contributed by atoms with E-state index in [9.17, 15) is 9.59 Å². The predicted molar refractivity (Wildman–Crippen MR) is 123 cm³/mol. The zero-order valence-electron chi connectivity index (χ0n) is 14.4. The molecule has 2 aliphatic rings. The Morgan fingerprint density at radius 2 is 1.15 bits per heavy atom. The molecule has 2 N–H and O–H groups in total. The minimum absolute atomic E-state index is 0.0705. The first-order valence-electron chi connectivity index (χ1n) is 8.83. The van der Waals surface area contributed by atoms with Crippen LogP contribution in [0.3, 0.4) is 0 Å². The zero-order valence-corrected chi connectivity index (χ0v) is 18.7. The monoisotopic (exact) mass is 584 g/mol. The Hall–Kier alpha value is -1.42. The molecule has 0 aromatic heterocycles. The summed E-state index contributed by atoms with van der Waals surface area (Å²) in [6, 6.07) is 15.4. The van der Waals surface area contributed by atoms with E-state index in [2.05, 4.69) is 68.0 Å². The molecule has 2 bridgehead atoms. The topological polar surface area (TPSA) is 58.2 Å². The van der Waals surface area contributed by atoms with Crippen molar-refractivity contribution in [3.63, 3.8) is 0 Å². The molecule has 2 aromatic carbocycles. The molecule has 0 spiro atoms. The van der Waals surface area contributed by atoms with Gasteiger partial charge in [-0.15, -0.1) is 0 Å². The molecule has 0 saturated heterocycles. The number of carbonyl (C=O) groups excluding carboxylic acids is 2. The lowest BCUT2D eigenvalue weighted by atomic mass is 9.81. The molecule has 4 nitrogen and oxygen atoms in total. The molecule has 0 heterocycles. The number of halogens is 2. The number of anilines is 2. The van der Waals surface area contributed by atoms with Gasteiger partial charge in [-0.25, -0.2) is 0 Å². The molecule has 27 heavy (non-hydrogen) atoms. The second-order valence-electron chi connectivity index (χ2n) is 6.94. The average Bonchev–Trinajstić information content (AvgIpc) is 3.27. The maximum atomic E-state index is 13.1. The number of hydrogen-bond acceptors (Lipinski definition) is 2. The molecule has 2 aromatic rings. The first-order valence-corrected chi connectivity index (χ1v) is 11.0. The third kappa shape index (κ3) is 3.78. The van der Waals surface area contributed by atoms with Crippen LogP contribution in [0.25, 0.3) is 0 Å². The Balaban J connectivity index is 1.55. The Bertz CT molecular complexity index is 854. The Morgan fingerprint density at radius 3 is 1.56 bits per heavy atom. The molecule has 138 valence electrons. The molecule has 0 radical (unpaired) electrons. The van der Waals surface area contributed by atoms with Crippen LogP contribution in [0.15, 0.2) is 60.7 Å². The lowest BCUT2D eigenvalue weighted by molar-refractivity contribution is -0.129. The predicted octanol–water partition coefficient (Wildman–Crippen LogP) is 4.91. The molecular weight excluding hydrogens is 566 g/mol. The summed E-state index contributed by atoms with van der Waals surface area (Å²) in [7, 11) is 0. The maximum Gasteiger partial charge on any atom is 0.228 e. The Morgan fingerprint density at radius 1 is 0.741 bits per heavy atom. The van der Waals surface area contributed by atoms with Gasteiger partial charge < -0.3 is 10.6 Å². The number of benzene rings is 2. The summed E-state index contributed by atoms with van der Waals surface area (Å²) in [6.45, 7) is 0. The Labute approximate surface area is 185 Å². The number of amides is 2. The van der Waals surface area contributed by atoms with E-state index in [1.54, 1.807) is 0 Å². The smallest absolute Gasteiger partial charge is 0.228 e. The van der Waals surface area contributed by atoms with E-state index in [1.807, 2.05) is 48.5 Å². The molecule has 0 unspecified atom stereocenters. The van der Waals surface area contributed by atoms with Gasteiger partial charge in [0.05, 0.1) is 23.2 Å². The highest BCUT2D eigenvalue weighted by atomic mass is 127. The van der Waals surface area contributed by atoms with Crippen molar-refractivity contribution >= 4 is 68.4 Å². The molecule has 1 saturated carbocycles. The van der Waals surface area contributed by atoms with Gasteiger partial charge in [-0.2, -0.15) is 0 Å². The van der Waals surface area contributed by atoms with Crippen molar-refractivity contribution in [1.82, 2.24) is 0 Å². The fraction of sp³-hybridized carbons (Fsp3) is 0.238. The second kappa shape index (κ2) is 7.90. The summed E-state index contributed by atoms with van der Waals surface area (Å²) in [4.78, 5) is 26.1. The van der Waals surface area contributed by atoms with Crippen molar-refractivity contribution in [3.8, 4) is 0 Å². The van der Waals surface area contributed by atoms with Gasteiger partial charge in [0, 0.05) is 7.14 Å². The SMILES string of the molecule is O=C(Nc1ccccc1I)[C@@H]1[C@@H](C(=O)Nc2ccccc2I)[C@H]2C=C[C@H]1C2. The van der Waals surface area contributed by atoms with Crippen molar-refractivity contribution < 1.29 is 9.59 Å². The Kier molecular flexibility index (Phi) is 5.54. The van der Waals surface area contributed by atoms with Gasteiger partial charge in [0.15, 0.2) is 0 Å². The molecule has 4 rings (SSSR count). The molecule has 2 aliphatic carbocycles. The average molecular weight is 584 g/mol. The summed E-state index contributed by atoms with van der Waals surface area (Å²) in [6.07, 6.45) is 5.07. The van der Waals surface area contributed by atoms with Crippen LogP contribution in [0, 0.1) is 30.8 Å².